The zero-order valence-corrected chi connectivity index (χ0v) is 15.1. The van der Waals surface area contributed by atoms with Crippen LogP contribution in [0.1, 0.15) is 25.0 Å². The number of anilines is 1. The molecule has 3 aliphatic rings. The number of imide groups is 1. The van der Waals surface area contributed by atoms with E-state index >= 15 is 0 Å². The lowest BCUT2D eigenvalue weighted by molar-refractivity contribution is -0.123. The molecule has 0 radical (unpaired) electrons. The van der Waals surface area contributed by atoms with Gasteiger partial charge in [-0.25, -0.2) is 0 Å². The second-order valence-corrected chi connectivity index (χ2v) is 7.68. The molecule has 136 valence electrons. The number of hydrogen-bond acceptors (Lipinski definition) is 3. The Kier molecular flexibility index (Phi) is 3.67. The van der Waals surface area contributed by atoms with Crippen LogP contribution >= 0.6 is 0 Å². The summed E-state index contributed by atoms with van der Waals surface area (Å²) in [7, 11) is 0. The first kappa shape index (κ1) is 16.3. The van der Waals surface area contributed by atoms with Crippen molar-refractivity contribution in [3.05, 3.63) is 72.3 Å². The lowest BCUT2D eigenvalue weighted by Gasteiger charge is -2.19. The highest BCUT2D eigenvalue weighted by Crippen LogP contribution is 2.53. The first-order valence-electron chi connectivity index (χ1n) is 9.51. The summed E-state index contributed by atoms with van der Waals surface area (Å²) in [5.41, 5.74) is 1.74. The molecule has 1 saturated heterocycles. The van der Waals surface area contributed by atoms with Crippen LogP contribution in [-0.4, -0.2) is 11.8 Å². The van der Waals surface area contributed by atoms with E-state index in [1.54, 1.807) is 12.1 Å². The number of benzene rings is 2. The maximum atomic E-state index is 12.9. The van der Waals surface area contributed by atoms with Crippen LogP contribution < -0.4 is 9.64 Å². The summed E-state index contributed by atoms with van der Waals surface area (Å²) in [4.78, 5) is 27.1. The van der Waals surface area contributed by atoms with Crippen LogP contribution in [0.4, 0.5) is 5.69 Å². The summed E-state index contributed by atoms with van der Waals surface area (Å²) in [6.45, 7) is 2.00. The lowest BCUT2D eigenvalue weighted by atomic mass is 9.85. The summed E-state index contributed by atoms with van der Waals surface area (Å²) in [6, 6.07) is 17.3. The number of carbonyl (C=O) groups is 2. The molecule has 4 nitrogen and oxygen atoms in total. The van der Waals surface area contributed by atoms with E-state index in [9.17, 15) is 9.59 Å². The Morgan fingerprint density at radius 2 is 1.48 bits per heavy atom. The van der Waals surface area contributed by atoms with Crippen molar-refractivity contribution in [3.63, 3.8) is 0 Å². The van der Waals surface area contributed by atoms with Crippen molar-refractivity contribution in [2.24, 2.45) is 23.7 Å². The van der Waals surface area contributed by atoms with Gasteiger partial charge in [-0.15, -0.1) is 0 Å². The van der Waals surface area contributed by atoms with Gasteiger partial charge in [0.2, 0.25) is 11.8 Å². The van der Waals surface area contributed by atoms with Gasteiger partial charge in [-0.05, 0) is 55.0 Å². The molecular formula is C23H21NO3. The lowest BCUT2D eigenvalue weighted by Crippen LogP contribution is -2.32. The summed E-state index contributed by atoms with van der Waals surface area (Å²) in [6.07, 6.45) is 5.10. The van der Waals surface area contributed by atoms with Gasteiger partial charge in [0.25, 0.3) is 0 Å². The van der Waals surface area contributed by atoms with Crippen molar-refractivity contribution in [2.75, 3.05) is 4.90 Å². The topological polar surface area (TPSA) is 46.6 Å². The number of allylic oxidation sites excluding steroid dienone is 2. The molecule has 5 atom stereocenters. The second kappa shape index (κ2) is 6.08. The molecule has 2 aromatic rings. The highest BCUT2D eigenvalue weighted by Gasteiger charge is 2.59. The summed E-state index contributed by atoms with van der Waals surface area (Å²) in [5.74, 6) is 0.757. The fraction of sp³-hybridized carbons (Fsp3) is 0.304. The van der Waals surface area contributed by atoms with Crippen molar-refractivity contribution in [3.8, 4) is 5.75 Å². The SMILES string of the molecule is C[C@H](Oc1ccc(N2C(=O)[C@@H]3[C@H](C2=O)[C@H]2C=C[C@H]3C2)cc1)c1ccccc1. The monoisotopic (exact) mass is 359 g/mol. The van der Waals surface area contributed by atoms with Crippen LogP contribution in [0.25, 0.3) is 0 Å². The van der Waals surface area contributed by atoms with Crippen molar-refractivity contribution in [1.82, 2.24) is 0 Å². The molecule has 0 aromatic heterocycles. The van der Waals surface area contributed by atoms with Crippen molar-refractivity contribution in [1.29, 1.82) is 0 Å². The van der Waals surface area contributed by atoms with Crippen molar-refractivity contribution < 1.29 is 14.3 Å². The van der Waals surface area contributed by atoms with Gasteiger partial charge in [0.05, 0.1) is 17.5 Å². The summed E-state index contributed by atoms with van der Waals surface area (Å²) in [5, 5.41) is 0. The Hall–Kier alpha value is -2.88. The molecule has 27 heavy (non-hydrogen) atoms. The number of ether oxygens (including phenoxy) is 1. The van der Waals surface area contributed by atoms with E-state index in [0.717, 1.165) is 17.7 Å². The Morgan fingerprint density at radius 3 is 2.07 bits per heavy atom. The molecule has 1 aliphatic heterocycles. The van der Waals surface area contributed by atoms with Gasteiger partial charge in [-0.2, -0.15) is 0 Å². The summed E-state index contributed by atoms with van der Waals surface area (Å²) >= 11 is 0. The molecule has 2 aromatic carbocycles. The van der Waals surface area contributed by atoms with E-state index in [4.69, 9.17) is 4.74 Å². The number of nitrogens with zero attached hydrogens (tertiary/aromatic N) is 1. The highest BCUT2D eigenvalue weighted by molar-refractivity contribution is 6.22. The predicted octanol–water partition coefficient (Wildman–Crippen LogP) is 4.14. The van der Waals surface area contributed by atoms with Gasteiger partial charge in [0.15, 0.2) is 0 Å². The average Bonchev–Trinajstić information content (AvgIpc) is 3.37. The molecule has 2 fully saturated rings. The molecule has 5 rings (SSSR count). The van der Waals surface area contributed by atoms with Gasteiger partial charge in [0, 0.05) is 0 Å². The maximum Gasteiger partial charge on any atom is 0.238 e. The quantitative estimate of drug-likeness (QED) is 0.609. The standard InChI is InChI=1S/C23H21NO3/c1-14(15-5-3-2-4-6-15)27-19-11-9-18(10-12-19)24-22(25)20-16-7-8-17(13-16)21(20)23(24)26/h2-12,14,16-17,20-21H,13H2,1H3/t14-,16-,17-,20-,21+/m0/s1. The van der Waals surface area contributed by atoms with Crippen molar-refractivity contribution >= 4 is 17.5 Å². The van der Waals surface area contributed by atoms with Gasteiger partial charge in [-0.3, -0.25) is 14.5 Å². The van der Waals surface area contributed by atoms with Crippen molar-refractivity contribution in [2.45, 2.75) is 19.4 Å². The Bertz CT molecular complexity index is 888. The maximum absolute atomic E-state index is 12.9. The minimum atomic E-state index is -0.165. The number of amides is 2. The molecule has 1 heterocycles. The van der Waals surface area contributed by atoms with Gasteiger partial charge >= 0.3 is 0 Å². The third-order valence-corrected chi connectivity index (χ3v) is 6.15. The third kappa shape index (κ3) is 2.51. The first-order chi connectivity index (χ1) is 13.1. The zero-order chi connectivity index (χ0) is 18.5. The minimum Gasteiger partial charge on any atom is -0.486 e. The highest BCUT2D eigenvalue weighted by atomic mass is 16.5. The first-order valence-corrected chi connectivity index (χ1v) is 9.51. The third-order valence-electron chi connectivity index (χ3n) is 6.15. The summed E-state index contributed by atoms with van der Waals surface area (Å²) < 4.78 is 5.99. The van der Waals surface area contributed by atoms with Crippen LogP contribution in [0.15, 0.2) is 66.7 Å². The molecule has 0 unspecified atom stereocenters. The van der Waals surface area contributed by atoms with Crippen LogP contribution in [0, 0.1) is 23.7 Å². The zero-order valence-electron chi connectivity index (χ0n) is 15.1. The normalized spacial score (nSPS) is 29.3. The fourth-order valence-corrected chi connectivity index (χ4v) is 4.83. The van der Waals surface area contributed by atoms with Crippen LogP contribution in [-0.2, 0) is 9.59 Å². The van der Waals surface area contributed by atoms with E-state index in [2.05, 4.69) is 12.2 Å². The van der Waals surface area contributed by atoms with Gasteiger partial charge < -0.3 is 4.74 Å². The number of fused-ring (bicyclic) bond motifs is 5. The second-order valence-electron chi connectivity index (χ2n) is 7.68. The molecule has 4 heteroatoms. The van der Waals surface area contributed by atoms with Crippen LogP contribution in [0.3, 0.4) is 0 Å². The Balaban J connectivity index is 1.34. The van der Waals surface area contributed by atoms with E-state index in [1.807, 2.05) is 49.4 Å². The average molecular weight is 359 g/mol. The molecule has 2 bridgehead atoms. The fourth-order valence-electron chi connectivity index (χ4n) is 4.83. The van der Waals surface area contributed by atoms with E-state index < -0.39 is 0 Å². The minimum absolute atomic E-state index is 0.0480. The molecular weight excluding hydrogens is 338 g/mol. The molecule has 2 aliphatic carbocycles. The van der Waals surface area contributed by atoms with Gasteiger partial charge in [-0.1, -0.05) is 42.5 Å². The number of hydrogen-bond donors (Lipinski definition) is 0. The molecule has 1 saturated carbocycles. The van der Waals surface area contributed by atoms with Crippen LogP contribution in [0.2, 0.25) is 0 Å². The van der Waals surface area contributed by atoms with E-state index in [1.165, 1.54) is 4.90 Å². The molecule has 0 N–H and O–H groups in total. The predicted molar refractivity (Wildman–Crippen MR) is 102 cm³/mol. The van der Waals surface area contributed by atoms with E-state index in [-0.39, 0.29) is 41.6 Å². The number of rotatable bonds is 4. The Labute approximate surface area is 158 Å². The van der Waals surface area contributed by atoms with Gasteiger partial charge in [0.1, 0.15) is 11.9 Å². The largest absolute Gasteiger partial charge is 0.486 e. The molecule has 0 spiro atoms. The Morgan fingerprint density at radius 1 is 0.889 bits per heavy atom. The van der Waals surface area contributed by atoms with E-state index in [0.29, 0.717) is 5.69 Å². The number of carbonyl (C=O) groups excluding carboxylic acids is 2. The molecule has 2 amide bonds. The van der Waals surface area contributed by atoms with Crippen LogP contribution in [0.5, 0.6) is 5.75 Å². The smallest absolute Gasteiger partial charge is 0.238 e.